The van der Waals surface area contributed by atoms with E-state index in [4.69, 9.17) is 0 Å². The zero-order chi connectivity index (χ0) is 13.1. The van der Waals surface area contributed by atoms with E-state index in [2.05, 4.69) is 47.1 Å². The molecule has 2 heteroatoms. The van der Waals surface area contributed by atoms with Gasteiger partial charge in [-0.05, 0) is 30.7 Å². The predicted octanol–water partition coefficient (Wildman–Crippen LogP) is 2.99. The van der Waals surface area contributed by atoms with Crippen molar-refractivity contribution in [1.82, 2.24) is 9.80 Å². The molecule has 1 aromatic carbocycles. The Morgan fingerprint density at radius 3 is 2.37 bits per heavy atom. The van der Waals surface area contributed by atoms with Crippen molar-refractivity contribution in [2.45, 2.75) is 38.8 Å². The lowest BCUT2D eigenvalue weighted by Crippen LogP contribution is -2.49. The highest BCUT2D eigenvalue weighted by Crippen LogP contribution is 2.29. The Kier molecular flexibility index (Phi) is 4.19. The molecule has 1 aromatic rings. The molecule has 1 saturated heterocycles. The van der Waals surface area contributed by atoms with Crippen molar-refractivity contribution in [2.75, 3.05) is 26.2 Å². The minimum Gasteiger partial charge on any atom is -0.298 e. The van der Waals surface area contributed by atoms with Gasteiger partial charge < -0.3 is 0 Å². The van der Waals surface area contributed by atoms with Crippen LogP contribution in [-0.4, -0.2) is 42.0 Å². The van der Waals surface area contributed by atoms with Gasteiger partial charge in [-0.25, -0.2) is 0 Å². The van der Waals surface area contributed by atoms with E-state index >= 15 is 0 Å². The van der Waals surface area contributed by atoms with E-state index in [0.29, 0.717) is 0 Å². The van der Waals surface area contributed by atoms with Crippen LogP contribution in [0.2, 0.25) is 0 Å². The molecule has 3 rings (SSSR count). The summed E-state index contributed by atoms with van der Waals surface area (Å²) < 4.78 is 0. The van der Waals surface area contributed by atoms with Gasteiger partial charge in [0.05, 0.1) is 0 Å². The van der Waals surface area contributed by atoms with E-state index in [-0.39, 0.29) is 0 Å². The van der Waals surface area contributed by atoms with E-state index in [9.17, 15) is 0 Å². The second-order valence-corrected chi connectivity index (χ2v) is 6.37. The van der Waals surface area contributed by atoms with Gasteiger partial charge in [-0.1, -0.05) is 37.3 Å². The molecule has 0 spiro atoms. The standard InChI is InChI=1S/C17H26N2/c1-15-7-8-17(13-15)19-11-9-18(10-12-19)14-16-5-3-2-4-6-16/h2-6,15,17H,7-14H2,1H3. The van der Waals surface area contributed by atoms with Crippen molar-refractivity contribution < 1.29 is 0 Å². The normalized spacial score (nSPS) is 29.7. The predicted molar refractivity (Wildman–Crippen MR) is 80.1 cm³/mol. The summed E-state index contributed by atoms with van der Waals surface area (Å²) in [6, 6.07) is 11.8. The topological polar surface area (TPSA) is 6.48 Å². The molecule has 1 heterocycles. The second-order valence-electron chi connectivity index (χ2n) is 6.37. The molecule has 0 N–H and O–H groups in total. The van der Waals surface area contributed by atoms with Crippen LogP contribution in [0.5, 0.6) is 0 Å². The van der Waals surface area contributed by atoms with Crippen LogP contribution >= 0.6 is 0 Å². The maximum atomic E-state index is 2.74. The summed E-state index contributed by atoms with van der Waals surface area (Å²) in [5.41, 5.74) is 1.45. The van der Waals surface area contributed by atoms with Crippen molar-refractivity contribution in [1.29, 1.82) is 0 Å². The molecule has 1 aliphatic heterocycles. The van der Waals surface area contributed by atoms with Crippen molar-refractivity contribution >= 4 is 0 Å². The van der Waals surface area contributed by atoms with Gasteiger partial charge in [0.25, 0.3) is 0 Å². The zero-order valence-corrected chi connectivity index (χ0v) is 12.1. The van der Waals surface area contributed by atoms with Crippen molar-refractivity contribution in [2.24, 2.45) is 5.92 Å². The van der Waals surface area contributed by atoms with Crippen LogP contribution in [0.1, 0.15) is 31.7 Å². The first-order chi connectivity index (χ1) is 9.31. The first-order valence-corrected chi connectivity index (χ1v) is 7.81. The largest absolute Gasteiger partial charge is 0.298 e. The second kappa shape index (κ2) is 6.06. The van der Waals surface area contributed by atoms with Crippen LogP contribution < -0.4 is 0 Å². The highest BCUT2D eigenvalue weighted by atomic mass is 15.3. The average Bonchev–Trinajstić information content (AvgIpc) is 2.87. The third-order valence-corrected chi connectivity index (χ3v) is 4.84. The Labute approximate surface area is 117 Å². The number of hydrogen-bond donors (Lipinski definition) is 0. The molecule has 1 saturated carbocycles. The van der Waals surface area contributed by atoms with Gasteiger partial charge in [0, 0.05) is 38.8 Å². The van der Waals surface area contributed by atoms with E-state index in [0.717, 1.165) is 18.5 Å². The fraction of sp³-hybridized carbons (Fsp3) is 0.647. The number of hydrogen-bond acceptors (Lipinski definition) is 2. The fourth-order valence-corrected chi connectivity index (χ4v) is 3.64. The summed E-state index contributed by atoms with van der Waals surface area (Å²) >= 11 is 0. The summed E-state index contributed by atoms with van der Waals surface area (Å²) in [6.07, 6.45) is 4.30. The Balaban J connectivity index is 1.47. The monoisotopic (exact) mass is 258 g/mol. The van der Waals surface area contributed by atoms with Crippen LogP contribution in [0.25, 0.3) is 0 Å². The van der Waals surface area contributed by atoms with Crippen LogP contribution in [0.4, 0.5) is 0 Å². The highest BCUT2D eigenvalue weighted by Gasteiger charge is 2.29. The summed E-state index contributed by atoms with van der Waals surface area (Å²) in [5, 5.41) is 0. The Morgan fingerprint density at radius 1 is 1.00 bits per heavy atom. The molecule has 104 valence electrons. The maximum Gasteiger partial charge on any atom is 0.0234 e. The molecule has 2 fully saturated rings. The van der Waals surface area contributed by atoms with E-state index < -0.39 is 0 Å². The zero-order valence-electron chi connectivity index (χ0n) is 12.1. The summed E-state index contributed by atoms with van der Waals surface area (Å²) in [6.45, 7) is 8.54. The first kappa shape index (κ1) is 13.1. The molecule has 2 atom stereocenters. The summed E-state index contributed by atoms with van der Waals surface area (Å²) in [7, 11) is 0. The van der Waals surface area contributed by atoms with Crippen molar-refractivity contribution in [3.63, 3.8) is 0 Å². The van der Waals surface area contributed by atoms with Gasteiger partial charge in [-0.15, -0.1) is 0 Å². The van der Waals surface area contributed by atoms with Crippen molar-refractivity contribution in [3.8, 4) is 0 Å². The Hall–Kier alpha value is -0.860. The third-order valence-electron chi connectivity index (χ3n) is 4.84. The first-order valence-electron chi connectivity index (χ1n) is 7.81. The average molecular weight is 258 g/mol. The number of nitrogens with zero attached hydrogens (tertiary/aromatic N) is 2. The molecule has 0 aromatic heterocycles. The molecule has 0 radical (unpaired) electrons. The Bertz CT molecular complexity index is 382. The molecule has 19 heavy (non-hydrogen) atoms. The van der Waals surface area contributed by atoms with Gasteiger partial charge in [-0.2, -0.15) is 0 Å². The van der Waals surface area contributed by atoms with Gasteiger partial charge in [0.15, 0.2) is 0 Å². The fourth-order valence-electron chi connectivity index (χ4n) is 3.64. The number of piperazine rings is 1. The molecule has 0 bridgehead atoms. The molecule has 2 nitrogen and oxygen atoms in total. The lowest BCUT2D eigenvalue weighted by atomic mass is 10.1. The Morgan fingerprint density at radius 2 is 1.74 bits per heavy atom. The molecule has 2 aliphatic rings. The van der Waals surface area contributed by atoms with E-state index in [1.54, 1.807) is 0 Å². The quantitative estimate of drug-likeness (QED) is 0.822. The minimum absolute atomic E-state index is 0.883. The summed E-state index contributed by atoms with van der Waals surface area (Å²) in [4.78, 5) is 5.34. The van der Waals surface area contributed by atoms with E-state index in [1.165, 1.54) is 51.0 Å². The number of rotatable bonds is 3. The molecule has 2 unspecified atom stereocenters. The molecular formula is C17H26N2. The lowest BCUT2D eigenvalue weighted by molar-refractivity contribution is 0.0924. The van der Waals surface area contributed by atoms with Crippen LogP contribution in [0, 0.1) is 5.92 Å². The number of benzene rings is 1. The van der Waals surface area contributed by atoms with E-state index in [1.807, 2.05) is 0 Å². The third kappa shape index (κ3) is 3.37. The lowest BCUT2D eigenvalue weighted by Gasteiger charge is -2.38. The van der Waals surface area contributed by atoms with Gasteiger partial charge in [0.1, 0.15) is 0 Å². The molecular weight excluding hydrogens is 232 g/mol. The van der Waals surface area contributed by atoms with Gasteiger partial charge in [0.2, 0.25) is 0 Å². The SMILES string of the molecule is CC1CCC(N2CCN(Cc3ccccc3)CC2)C1. The molecule has 0 amide bonds. The van der Waals surface area contributed by atoms with Gasteiger partial charge >= 0.3 is 0 Å². The van der Waals surface area contributed by atoms with Crippen LogP contribution in [0.15, 0.2) is 30.3 Å². The van der Waals surface area contributed by atoms with Gasteiger partial charge in [-0.3, -0.25) is 9.80 Å². The van der Waals surface area contributed by atoms with Crippen LogP contribution in [-0.2, 0) is 6.54 Å². The molecule has 1 aliphatic carbocycles. The minimum atomic E-state index is 0.883. The van der Waals surface area contributed by atoms with Crippen molar-refractivity contribution in [3.05, 3.63) is 35.9 Å². The highest BCUT2D eigenvalue weighted by molar-refractivity contribution is 5.14. The smallest absolute Gasteiger partial charge is 0.0234 e. The summed E-state index contributed by atoms with van der Waals surface area (Å²) in [5.74, 6) is 0.951. The maximum absolute atomic E-state index is 2.74. The van der Waals surface area contributed by atoms with Crippen LogP contribution in [0.3, 0.4) is 0 Å².